The predicted molar refractivity (Wildman–Crippen MR) is 125 cm³/mol. The van der Waals surface area contributed by atoms with Crippen molar-refractivity contribution in [2.24, 2.45) is 0 Å². The number of hydrogen-bond acceptors (Lipinski definition) is 7. The van der Waals surface area contributed by atoms with Crippen LogP contribution in [0.15, 0.2) is 36.4 Å². The van der Waals surface area contributed by atoms with Gasteiger partial charge in [-0.3, -0.25) is 14.4 Å². The quantitative estimate of drug-likeness (QED) is 0.678. The molecule has 178 valence electrons. The molecule has 0 aromatic heterocycles. The number of carbonyl (C=O) groups excluding carboxylic acids is 3. The molecule has 34 heavy (non-hydrogen) atoms. The molecule has 3 aliphatic heterocycles. The van der Waals surface area contributed by atoms with Crippen molar-refractivity contribution in [2.45, 2.75) is 32.3 Å². The van der Waals surface area contributed by atoms with Crippen LogP contribution in [0.1, 0.15) is 36.5 Å². The van der Waals surface area contributed by atoms with Crippen LogP contribution in [0, 0.1) is 0 Å². The normalized spacial score (nSPS) is 18.7. The third-order valence-electron chi connectivity index (χ3n) is 6.31. The third kappa shape index (κ3) is 4.37. The number of para-hydroxylation sites is 2. The number of rotatable bonds is 5. The van der Waals surface area contributed by atoms with Crippen molar-refractivity contribution in [1.82, 2.24) is 4.90 Å². The molecule has 1 unspecified atom stereocenters. The molecule has 0 saturated carbocycles. The summed E-state index contributed by atoms with van der Waals surface area (Å²) in [7, 11) is 0. The average Bonchev–Trinajstić information content (AvgIpc) is 3.31. The maximum absolute atomic E-state index is 13.1. The van der Waals surface area contributed by atoms with Gasteiger partial charge in [0.25, 0.3) is 5.91 Å². The van der Waals surface area contributed by atoms with E-state index in [-0.39, 0.29) is 37.5 Å². The first-order valence-electron chi connectivity index (χ1n) is 11.5. The fraction of sp³-hybridized carbons (Fsp3) is 0.400. The van der Waals surface area contributed by atoms with E-state index >= 15 is 0 Å². The number of benzene rings is 2. The van der Waals surface area contributed by atoms with Crippen molar-refractivity contribution in [1.29, 1.82) is 0 Å². The lowest BCUT2D eigenvalue weighted by molar-refractivity contribution is -0.139. The molecule has 3 aliphatic rings. The summed E-state index contributed by atoms with van der Waals surface area (Å²) in [6.45, 7) is 3.23. The van der Waals surface area contributed by atoms with E-state index < -0.39 is 6.10 Å². The highest BCUT2D eigenvalue weighted by atomic mass is 16.7. The fourth-order valence-corrected chi connectivity index (χ4v) is 4.60. The Morgan fingerprint density at radius 3 is 2.50 bits per heavy atom. The number of ketones is 1. The van der Waals surface area contributed by atoms with Crippen LogP contribution in [0.25, 0.3) is 0 Å². The van der Waals surface area contributed by atoms with Crippen LogP contribution >= 0.6 is 0 Å². The maximum atomic E-state index is 13.1. The number of nitrogens with zero attached hydrogens (tertiary/aromatic N) is 2. The molecule has 5 rings (SSSR count). The van der Waals surface area contributed by atoms with Gasteiger partial charge in [0.15, 0.2) is 23.4 Å². The van der Waals surface area contributed by atoms with Gasteiger partial charge in [-0.05, 0) is 44.4 Å². The van der Waals surface area contributed by atoms with E-state index in [0.717, 1.165) is 38.0 Å². The first-order chi connectivity index (χ1) is 16.5. The van der Waals surface area contributed by atoms with E-state index in [0.29, 0.717) is 28.5 Å². The number of nitrogens with one attached hydrogen (secondary N) is 1. The van der Waals surface area contributed by atoms with Crippen LogP contribution in [-0.2, 0) is 9.59 Å². The lowest BCUT2D eigenvalue weighted by Crippen LogP contribution is -2.52. The standard InChI is InChI=1S/C25H27N3O6/c1-16(29)17-11-21-22(33-15-32-21)12-18(17)26-24(30)14-28-13-23(25(31)27-9-5-2-6-10-27)34-20-8-4-3-7-19(20)28/h3-4,7-8,11-12,23H,2,5-6,9-10,13-15H2,1H3,(H,26,30). The molecule has 2 aromatic carbocycles. The van der Waals surface area contributed by atoms with Crippen LogP contribution in [0.5, 0.6) is 17.2 Å². The summed E-state index contributed by atoms with van der Waals surface area (Å²) in [6.07, 6.45) is 2.44. The molecule has 0 bridgehead atoms. The summed E-state index contributed by atoms with van der Waals surface area (Å²) in [5.41, 5.74) is 1.46. The largest absolute Gasteiger partial charge is 0.477 e. The van der Waals surface area contributed by atoms with Crippen molar-refractivity contribution >= 4 is 29.0 Å². The summed E-state index contributed by atoms with van der Waals surface area (Å²) in [6, 6.07) is 10.6. The average molecular weight is 466 g/mol. The van der Waals surface area contributed by atoms with Gasteiger partial charge in [-0.2, -0.15) is 0 Å². The zero-order chi connectivity index (χ0) is 23.7. The van der Waals surface area contributed by atoms with E-state index in [4.69, 9.17) is 14.2 Å². The molecular formula is C25H27N3O6. The highest BCUT2D eigenvalue weighted by Gasteiger charge is 2.34. The van der Waals surface area contributed by atoms with E-state index in [1.807, 2.05) is 34.1 Å². The first-order valence-corrected chi connectivity index (χ1v) is 11.5. The summed E-state index contributed by atoms with van der Waals surface area (Å²) in [4.78, 5) is 42.0. The lowest BCUT2D eigenvalue weighted by atomic mass is 10.1. The number of hydrogen-bond donors (Lipinski definition) is 1. The number of anilines is 2. The van der Waals surface area contributed by atoms with E-state index in [2.05, 4.69) is 5.32 Å². The Hall–Kier alpha value is -3.75. The molecule has 2 amide bonds. The minimum absolute atomic E-state index is 0.00403. The topological polar surface area (TPSA) is 97.4 Å². The molecular weight excluding hydrogens is 438 g/mol. The van der Waals surface area contributed by atoms with Crippen molar-refractivity contribution < 1.29 is 28.6 Å². The Labute approximate surface area is 197 Å². The number of likely N-dealkylation sites (tertiary alicyclic amines) is 1. The van der Waals surface area contributed by atoms with E-state index in [1.54, 1.807) is 12.1 Å². The molecule has 0 aliphatic carbocycles. The highest BCUT2D eigenvalue weighted by molar-refractivity contribution is 6.05. The highest BCUT2D eigenvalue weighted by Crippen LogP contribution is 2.38. The molecule has 1 saturated heterocycles. The Morgan fingerprint density at radius 2 is 1.74 bits per heavy atom. The van der Waals surface area contributed by atoms with Crippen molar-refractivity contribution in [3.05, 3.63) is 42.0 Å². The monoisotopic (exact) mass is 465 g/mol. The Kier molecular flexibility index (Phi) is 6.00. The smallest absolute Gasteiger partial charge is 0.265 e. The Morgan fingerprint density at radius 1 is 1.00 bits per heavy atom. The van der Waals surface area contributed by atoms with Gasteiger partial charge in [0.1, 0.15) is 5.75 Å². The van der Waals surface area contributed by atoms with Gasteiger partial charge in [-0.15, -0.1) is 0 Å². The summed E-state index contributed by atoms with van der Waals surface area (Å²) >= 11 is 0. The molecule has 1 N–H and O–H groups in total. The van der Waals surface area contributed by atoms with Gasteiger partial charge >= 0.3 is 0 Å². The number of amides is 2. The van der Waals surface area contributed by atoms with Crippen LogP contribution < -0.4 is 24.4 Å². The SMILES string of the molecule is CC(=O)c1cc2c(cc1NC(=O)CN1CC(C(=O)N3CCCCC3)Oc3ccccc31)OCO2. The summed E-state index contributed by atoms with van der Waals surface area (Å²) < 4.78 is 16.8. The van der Waals surface area contributed by atoms with Gasteiger partial charge in [-0.25, -0.2) is 0 Å². The zero-order valence-corrected chi connectivity index (χ0v) is 19.0. The second-order valence-corrected chi connectivity index (χ2v) is 8.70. The molecule has 0 spiro atoms. The van der Waals surface area contributed by atoms with E-state index in [9.17, 15) is 14.4 Å². The number of fused-ring (bicyclic) bond motifs is 2. The molecule has 9 heteroatoms. The molecule has 1 atom stereocenters. The van der Waals surface area contributed by atoms with Gasteiger partial charge in [0.05, 0.1) is 24.5 Å². The Bertz CT molecular complexity index is 1130. The van der Waals surface area contributed by atoms with Crippen molar-refractivity contribution in [2.75, 3.05) is 43.2 Å². The van der Waals surface area contributed by atoms with Crippen LogP contribution in [0.4, 0.5) is 11.4 Å². The van der Waals surface area contributed by atoms with Crippen molar-refractivity contribution in [3.63, 3.8) is 0 Å². The molecule has 2 aromatic rings. The van der Waals surface area contributed by atoms with Gasteiger partial charge < -0.3 is 29.3 Å². The zero-order valence-electron chi connectivity index (χ0n) is 19.0. The fourth-order valence-electron chi connectivity index (χ4n) is 4.60. The van der Waals surface area contributed by atoms with Gasteiger partial charge in [-0.1, -0.05) is 12.1 Å². The minimum atomic E-state index is -0.681. The number of carbonyl (C=O) groups is 3. The maximum Gasteiger partial charge on any atom is 0.265 e. The van der Waals surface area contributed by atoms with E-state index in [1.165, 1.54) is 6.92 Å². The Balaban J connectivity index is 1.34. The van der Waals surface area contributed by atoms with Crippen molar-refractivity contribution in [3.8, 4) is 17.2 Å². The first kappa shape index (κ1) is 22.1. The number of Topliss-reactive ketones (excluding diaryl/α,β-unsaturated/α-hetero) is 1. The second kappa shape index (κ2) is 9.24. The summed E-state index contributed by atoms with van der Waals surface area (Å²) in [5, 5.41) is 2.83. The number of ether oxygens (including phenoxy) is 3. The third-order valence-corrected chi connectivity index (χ3v) is 6.31. The minimum Gasteiger partial charge on any atom is -0.477 e. The molecule has 0 radical (unpaired) electrons. The second-order valence-electron chi connectivity index (χ2n) is 8.70. The lowest BCUT2D eigenvalue weighted by Gasteiger charge is -2.38. The van der Waals surface area contributed by atoms with Crippen LogP contribution in [-0.4, -0.2) is 61.6 Å². The van der Waals surface area contributed by atoms with Gasteiger partial charge in [0, 0.05) is 24.7 Å². The molecule has 1 fully saturated rings. The van der Waals surface area contributed by atoms with Gasteiger partial charge in [0.2, 0.25) is 12.7 Å². The molecule has 3 heterocycles. The predicted octanol–water partition coefficient (Wildman–Crippen LogP) is 2.84. The van der Waals surface area contributed by atoms with Crippen LogP contribution in [0.2, 0.25) is 0 Å². The number of piperidine rings is 1. The summed E-state index contributed by atoms with van der Waals surface area (Å²) in [5.74, 6) is 0.965. The molecule has 9 nitrogen and oxygen atoms in total. The van der Waals surface area contributed by atoms with Crippen LogP contribution in [0.3, 0.4) is 0 Å².